The molecule has 3 rings (SSSR count). The second-order valence-electron chi connectivity index (χ2n) is 7.97. The van der Waals surface area contributed by atoms with Crippen LogP contribution in [-0.2, 0) is 21.2 Å². The number of sulfonamides is 1. The maximum Gasteiger partial charge on any atom is 0.246 e. The molecule has 1 aliphatic rings. The van der Waals surface area contributed by atoms with Gasteiger partial charge in [0.15, 0.2) is 5.16 Å². The molecule has 10 heteroatoms. The van der Waals surface area contributed by atoms with Gasteiger partial charge < -0.3 is 10.1 Å². The van der Waals surface area contributed by atoms with Gasteiger partial charge in [-0.25, -0.2) is 18.4 Å². The van der Waals surface area contributed by atoms with Gasteiger partial charge in [0, 0.05) is 36.6 Å². The maximum atomic E-state index is 13.3. The van der Waals surface area contributed by atoms with E-state index in [-0.39, 0.29) is 17.2 Å². The van der Waals surface area contributed by atoms with E-state index in [0.717, 1.165) is 41.4 Å². The van der Waals surface area contributed by atoms with E-state index in [1.54, 1.807) is 12.1 Å². The number of nitrogens with zero attached hydrogens (tertiary/aromatic N) is 3. The van der Waals surface area contributed by atoms with Crippen molar-refractivity contribution in [2.45, 2.75) is 62.9 Å². The Labute approximate surface area is 200 Å². The Bertz CT molecular complexity index is 1080. The first-order valence-electron chi connectivity index (χ1n) is 11.2. The van der Waals surface area contributed by atoms with Crippen LogP contribution in [0.2, 0.25) is 0 Å². The fraction of sp³-hybridized carbons (Fsp3) is 0.522. The van der Waals surface area contributed by atoms with E-state index in [1.165, 1.54) is 22.1 Å². The van der Waals surface area contributed by atoms with Crippen LogP contribution in [-0.4, -0.2) is 54.6 Å². The summed E-state index contributed by atoms with van der Waals surface area (Å²) in [6.45, 7) is 7.01. The highest BCUT2D eigenvalue weighted by Crippen LogP contribution is 2.31. The third kappa shape index (κ3) is 6.24. The van der Waals surface area contributed by atoms with E-state index in [2.05, 4.69) is 15.3 Å². The molecule has 2 aromatic rings. The molecule has 0 saturated carbocycles. The Balaban J connectivity index is 1.76. The number of benzene rings is 1. The normalized spacial score (nSPS) is 14.8. The third-order valence-corrected chi connectivity index (χ3v) is 8.11. The molecule has 0 spiro atoms. The highest BCUT2D eigenvalue weighted by molar-refractivity contribution is 7.98. The Morgan fingerprint density at radius 2 is 1.82 bits per heavy atom. The molecule has 1 fully saturated rings. The van der Waals surface area contributed by atoms with Crippen molar-refractivity contribution in [1.29, 1.82) is 0 Å². The number of aryl methyl sites for hydroxylation is 2. The summed E-state index contributed by atoms with van der Waals surface area (Å²) in [5, 5.41) is 3.55. The summed E-state index contributed by atoms with van der Waals surface area (Å²) in [4.78, 5) is 21.7. The number of ether oxygens (including phenoxy) is 1. The molecule has 1 aliphatic heterocycles. The lowest BCUT2D eigenvalue weighted by Gasteiger charge is -2.27. The molecule has 1 aromatic carbocycles. The average molecular weight is 493 g/mol. The molecule has 1 N–H and O–H groups in total. The minimum absolute atomic E-state index is 0.0943. The predicted octanol–water partition coefficient (Wildman–Crippen LogP) is 3.96. The standard InChI is InChI=1S/C23H32N4O4S2/c1-5-31-20-11-9-18(15-21(20)33(29,30)27-13-7-6-8-14-27)26-22(28)12-10-19-16(2)24-23(32-4)25-17(19)3/h9,11,15H,5-8,10,12-14H2,1-4H3,(H,26,28). The molecule has 0 aliphatic carbocycles. The lowest BCUT2D eigenvalue weighted by atomic mass is 10.1. The lowest BCUT2D eigenvalue weighted by molar-refractivity contribution is -0.116. The molecular weight excluding hydrogens is 460 g/mol. The zero-order valence-electron chi connectivity index (χ0n) is 19.7. The second-order valence-corrected chi connectivity index (χ2v) is 10.6. The van der Waals surface area contributed by atoms with Gasteiger partial charge in [-0.15, -0.1) is 0 Å². The first-order chi connectivity index (χ1) is 15.8. The molecule has 1 aromatic heterocycles. The van der Waals surface area contributed by atoms with Crippen LogP contribution in [0.15, 0.2) is 28.3 Å². The van der Waals surface area contributed by atoms with Gasteiger partial charge in [-0.3, -0.25) is 4.79 Å². The quantitative estimate of drug-likeness (QED) is 0.418. The first-order valence-corrected chi connectivity index (χ1v) is 13.9. The predicted molar refractivity (Wildman–Crippen MR) is 130 cm³/mol. The minimum Gasteiger partial charge on any atom is -0.492 e. The number of hydrogen-bond acceptors (Lipinski definition) is 7. The van der Waals surface area contributed by atoms with Gasteiger partial charge in [0.25, 0.3) is 0 Å². The molecule has 0 unspecified atom stereocenters. The van der Waals surface area contributed by atoms with E-state index in [4.69, 9.17) is 4.74 Å². The van der Waals surface area contributed by atoms with Crippen molar-refractivity contribution in [1.82, 2.24) is 14.3 Å². The summed E-state index contributed by atoms with van der Waals surface area (Å²) in [5.41, 5.74) is 3.13. The summed E-state index contributed by atoms with van der Waals surface area (Å²) in [7, 11) is -3.71. The zero-order valence-corrected chi connectivity index (χ0v) is 21.3. The fourth-order valence-electron chi connectivity index (χ4n) is 3.93. The summed E-state index contributed by atoms with van der Waals surface area (Å²) in [6.07, 6.45) is 5.40. The number of carbonyl (C=O) groups is 1. The van der Waals surface area contributed by atoms with Crippen molar-refractivity contribution >= 4 is 33.4 Å². The van der Waals surface area contributed by atoms with E-state index in [0.29, 0.717) is 37.6 Å². The number of hydrogen-bond donors (Lipinski definition) is 1. The number of carbonyl (C=O) groups excluding carboxylic acids is 1. The van der Waals surface area contributed by atoms with Crippen LogP contribution in [0.3, 0.4) is 0 Å². The van der Waals surface area contributed by atoms with Crippen LogP contribution >= 0.6 is 11.8 Å². The van der Waals surface area contributed by atoms with Crippen molar-refractivity contribution < 1.29 is 17.9 Å². The van der Waals surface area contributed by atoms with Crippen LogP contribution in [0.25, 0.3) is 0 Å². The zero-order chi connectivity index (χ0) is 24.0. The molecule has 2 heterocycles. The first kappa shape index (κ1) is 25.5. The van der Waals surface area contributed by atoms with Crippen LogP contribution < -0.4 is 10.1 Å². The van der Waals surface area contributed by atoms with Crippen LogP contribution in [0.5, 0.6) is 5.75 Å². The third-order valence-electron chi connectivity index (χ3n) is 5.64. The van der Waals surface area contributed by atoms with Gasteiger partial charge >= 0.3 is 0 Å². The van der Waals surface area contributed by atoms with Gasteiger partial charge in [0.2, 0.25) is 15.9 Å². The second kappa shape index (κ2) is 11.3. The van der Waals surface area contributed by atoms with Gasteiger partial charge in [0.1, 0.15) is 10.6 Å². The number of amides is 1. The molecule has 0 bridgehead atoms. The number of anilines is 1. The van der Waals surface area contributed by atoms with Crippen molar-refractivity contribution in [3.8, 4) is 5.75 Å². The molecule has 33 heavy (non-hydrogen) atoms. The number of aromatic nitrogens is 2. The fourth-order valence-corrected chi connectivity index (χ4v) is 6.06. The summed E-state index contributed by atoms with van der Waals surface area (Å²) >= 11 is 1.49. The maximum absolute atomic E-state index is 13.3. The van der Waals surface area contributed by atoms with Crippen molar-refractivity contribution in [3.05, 3.63) is 35.2 Å². The molecule has 1 saturated heterocycles. The molecule has 0 atom stereocenters. The summed E-state index contributed by atoms with van der Waals surface area (Å²) in [5.74, 6) is 0.103. The van der Waals surface area contributed by atoms with Crippen molar-refractivity contribution in [3.63, 3.8) is 0 Å². The lowest BCUT2D eigenvalue weighted by Crippen LogP contribution is -2.35. The summed E-state index contributed by atoms with van der Waals surface area (Å²) < 4.78 is 33.6. The number of thioether (sulfide) groups is 1. The topological polar surface area (TPSA) is 101 Å². The molecular formula is C23H32N4O4S2. The minimum atomic E-state index is -3.71. The SMILES string of the molecule is CCOc1ccc(NC(=O)CCc2c(C)nc(SC)nc2C)cc1S(=O)(=O)N1CCCCC1. The Kier molecular flexibility index (Phi) is 8.72. The number of piperidine rings is 1. The smallest absolute Gasteiger partial charge is 0.246 e. The van der Waals surface area contributed by atoms with E-state index >= 15 is 0 Å². The molecule has 8 nitrogen and oxygen atoms in total. The highest BCUT2D eigenvalue weighted by Gasteiger charge is 2.29. The Hall–Kier alpha value is -2.17. The largest absolute Gasteiger partial charge is 0.492 e. The average Bonchev–Trinajstić information content (AvgIpc) is 2.80. The summed E-state index contributed by atoms with van der Waals surface area (Å²) in [6, 6.07) is 4.78. The molecule has 1 amide bonds. The highest BCUT2D eigenvalue weighted by atomic mass is 32.2. The van der Waals surface area contributed by atoms with E-state index in [9.17, 15) is 13.2 Å². The Morgan fingerprint density at radius 1 is 1.15 bits per heavy atom. The van der Waals surface area contributed by atoms with Gasteiger partial charge in [-0.1, -0.05) is 18.2 Å². The van der Waals surface area contributed by atoms with Gasteiger partial charge in [-0.2, -0.15) is 4.31 Å². The van der Waals surface area contributed by atoms with E-state index < -0.39 is 10.0 Å². The van der Waals surface area contributed by atoms with Gasteiger partial charge in [0.05, 0.1) is 6.61 Å². The van der Waals surface area contributed by atoms with Crippen molar-refractivity contribution in [2.75, 3.05) is 31.3 Å². The van der Waals surface area contributed by atoms with Crippen LogP contribution in [0, 0.1) is 13.8 Å². The monoisotopic (exact) mass is 492 g/mol. The molecule has 0 radical (unpaired) electrons. The van der Waals surface area contributed by atoms with Crippen molar-refractivity contribution in [2.24, 2.45) is 0 Å². The van der Waals surface area contributed by atoms with Crippen LogP contribution in [0.1, 0.15) is 49.6 Å². The Morgan fingerprint density at radius 3 is 2.42 bits per heavy atom. The van der Waals surface area contributed by atoms with Gasteiger partial charge in [-0.05, 0) is 70.1 Å². The number of nitrogens with one attached hydrogen (secondary N) is 1. The number of rotatable bonds is 9. The van der Waals surface area contributed by atoms with E-state index in [1.807, 2.05) is 27.0 Å². The van der Waals surface area contributed by atoms with Crippen LogP contribution in [0.4, 0.5) is 5.69 Å². The molecule has 180 valence electrons.